The normalized spacial score (nSPS) is 10.3. The van der Waals surface area contributed by atoms with Crippen molar-refractivity contribution in [3.63, 3.8) is 0 Å². The highest BCUT2D eigenvalue weighted by Crippen LogP contribution is 2.16. The highest BCUT2D eigenvalue weighted by Gasteiger charge is 2.11. The first-order chi connectivity index (χ1) is 9.70. The quantitative estimate of drug-likeness (QED) is 0.875. The molecule has 106 valence electrons. The van der Waals surface area contributed by atoms with Gasteiger partial charge in [0.1, 0.15) is 0 Å². The van der Waals surface area contributed by atoms with Gasteiger partial charge >= 0.3 is 0 Å². The third-order valence-electron chi connectivity index (χ3n) is 2.85. The summed E-state index contributed by atoms with van der Waals surface area (Å²) in [7, 11) is 1.81. The van der Waals surface area contributed by atoms with Crippen molar-refractivity contribution in [3.05, 3.63) is 42.1 Å². The standard InChI is InChI=1S/C14H18FN5/c1-3-16-14-18-10-12(15)13(19-14)20(2)9-7-11-6-4-5-8-17-11/h4-6,8,10H,3,7,9H2,1-2H3,(H,16,18,19). The molecule has 5 nitrogen and oxygen atoms in total. The topological polar surface area (TPSA) is 53.9 Å². The first kappa shape index (κ1) is 14.2. The summed E-state index contributed by atoms with van der Waals surface area (Å²) in [6.07, 6.45) is 3.68. The minimum absolute atomic E-state index is 0.298. The maximum Gasteiger partial charge on any atom is 0.224 e. The number of likely N-dealkylation sites (N-methyl/N-ethyl adjacent to an activating group) is 1. The highest BCUT2D eigenvalue weighted by atomic mass is 19.1. The van der Waals surface area contributed by atoms with Crippen molar-refractivity contribution in [2.45, 2.75) is 13.3 Å². The summed E-state index contributed by atoms with van der Waals surface area (Å²) in [6.45, 7) is 3.27. The van der Waals surface area contributed by atoms with Gasteiger partial charge in [-0.2, -0.15) is 4.98 Å². The van der Waals surface area contributed by atoms with Gasteiger partial charge in [0.2, 0.25) is 5.95 Å². The van der Waals surface area contributed by atoms with E-state index in [-0.39, 0.29) is 0 Å². The fourth-order valence-electron chi connectivity index (χ4n) is 1.80. The second-order valence-electron chi connectivity index (χ2n) is 4.39. The van der Waals surface area contributed by atoms with Crippen LogP contribution in [0.2, 0.25) is 0 Å². The summed E-state index contributed by atoms with van der Waals surface area (Å²) >= 11 is 0. The van der Waals surface area contributed by atoms with Crippen LogP contribution in [0.25, 0.3) is 0 Å². The molecule has 0 spiro atoms. The Morgan fingerprint density at radius 2 is 2.15 bits per heavy atom. The van der Waals surface area contributed by atoms with E-state index in [4.69, 9.17) is 0 Å². The zero-order valence-electron chi connectivity index (χ0n) is 11.7. The van der Waals surface area contributed by atoms with Crippen molar-refractivity contribution < 1.29 is 4.39 Å². The maximum absolute atomic E-state index is 13.8. The van der Waals surface area contributed by atoms with Crippen molar-refractivity contribution in [2.24, 2.45) is 0 Å². The van der Waals surface area contributed by atoms with E-state index in [1.165, 1.54) is 6.20 Å². The summed E-state index contributed by atoms with van der Waals surface area (Å²) in [5, 5.41) is 2.98. The Morgan fingerprint density at radius 3 is 2.85 bits per heavy atom. The number of aromatic nitrogens is 3. The van der Waals surface area contributed by atoms with Gasteiger partial charge in [-0.3, -0.25) is 4.98 Å². The molecule has 0 aliphatic heterocycles. The van der Waals surface area contributed by atoms with Gasteiger partial charge in [-0.05, 0) is 19.1 Å². The summed E-state index contributed by atoms with van der Waals surface area (Å²) in [4.78, 5) is 14.1. The number of nitrogens with one attached hydrogen (secondary N) is 1. The molecule has 2 aromatic rings. The Morgan fingerprint density at radius 1 is 1.30 bits per heavy atom. The average Bonchev–Trinajstić information content (AvgIpc) is 2.48. The predicted octanol–water partition coefficient (Wildman–Crippen LogP) is 2.12. The van der Waals surface area contributed by atoms with Crippen molar-refractivity contribution in [1.82, 2.24) is 15.0 Å². The second kappa shape index (κ2) is 6.79. The van der Waals surface area contributed by atoms with Crippen LogP contribution in [0.1, 0.15) is 12.6 Å². The lowest BCUT2D eigenvalue weighted by Gasteiger charge is -2.18. The molecule has 2 aromatic heterocycles. The third-order valence-corrected chi connectivity index (χ3v) is 2.85. The molecule has 0 atom stereocenters. The Bertz CT molecular complexity index is 547. The van der Waals surface area contributed by atoms with Crippen LogP contribution in [0.4, 0.5) is 16.2 Å². The molecule has 0 aromatic carbocycles. The monoisotopic (exact) mass is 275 g/mol. The van der Waals surface area contributed by atoms with Crippen LogP contribution < -0.4 is 10.2 Å². The third kappa shape index (κ3) is 3.63. The Balaban J connectivity index is 2.04. The minimum atomic E-state index is -0.421. The Labute approximate surface area is 117 Å². The maximum atomic E-state index is 13.8. The van der Waals surface area contributed by atoms with E-state index in [1.54, 1.807) is 11.1 Å². The smallest absolute Gasteiger partial charge is 0.224 e. The molecule has 0 radical (unpaired) electrons. The fraction of sp³-hybridized carbons (Fsp3) is 0.357. The van der Waals surface area contributed by atoms with Gasteiger partial charge in [-0.15, -0.1) is 0 Å². The zero-order valence-corrected chi connectivity index (χ0v) is 11.7. The molecule has 0 unspecified atom stereocenters. The average molecular weight is 275 g/mol. The lowest BCUT2D eigenvalue weighted by molar-refractivity contribution is 0.607. The van der Waals surface area contributed by atoms with Gasteiger partial charge in [0.05, 0.1) is 6.20 Å². The fourth-order valence-corrected chi connectivity index (χ4v) is 1.80. The molecule has 0 saturated heterocycles. The van der Waals surface area contributed by atoms with E-state index in [0.717, 1.165) is 12.1 Å². The van der Waals surface area contributed by atoms with Crippen molar-refractivity contribution in [2.75, 3.05) is 30.4 Å². The van der Waals surface area contributed by atoms with Gasteiger partial charge in [-0.1, -0.05) is 6.07 Å². The minimum Gasteiger partial charge on any atom is -0.357 e. The molecule has 0 fully saturated rings. The van der Waals surface area contributed by atoms with E-state index in [0.29, 0.717) is 24.9 Å². The van der Waals surface area contributed by atoms with E-state index in [2.05, 4.69) is 20.3 Å². The van der Waals surface area contributed by atoms with Gasteiger partial charge in [0.25, 0.3) is 0 Å². The van der Waals surface area contributed by atoms with Crippen LogP contribution in [0, 0.1) is 5.82 Å². The van der Waals surface area contributed by atoms with Crippen LogP contribution in [-0.2, 0) is 6.42 Å². The number of hydrogen-bond donors (Lipinski definition) is 1. The van der Waals surface area contributed by atoms with Gasteiger partial charge in [0, 0.05) is 38.4 Å². The molecule has 2 rings (SSSR count). The number of nitrogens with zero attached hydrogens (tertiary/aromatic N) is 4. The number of halogens is 1. The van der Waals surface area contributed by atoms with Crippen molar-refractivity contribution in [3.8, 4) is 0 Å². The molecule has 1 N–H and O–H groups in total. The summed E-state index contributed by atoms with van der Waals surface area (Å²) in [6, 6.07) is 5.77. The van der Waals surface area contributed by atoms with Crippen molar-refractivity contribution >= 4 is 11.8 Å². The number of hydrogen-bond acceptors (Lipinski definition) is 5. The Hall–Kier alpha value is -2.24. The molecule has 0 bridgehead atoms. The first-order valence-corrected chi connectivity index (χ1v) is 6.58. The van der Waals surface area contributed by atoms with Crippen LogP contribution in [0.15, 0.2) is 30.6 Å². The molecule has 2 heterocycles. The molecule has 0 amide bonds. The van der Waals surface area contributed by atoms with Gasteiger partial charge in [0.15, 0.2) is 11.6 Å². The van der Waals surface area contributed by atoms with Crippen molar-refractivity contribution in [1.29, 1.82) is 0 Å². The number of pyridine rings is 1. The summed E-state index contributed by atoms with van der Waals surface area (Å²) in [5.41, 5.74) is 0.973. The van der Waals surface area contributed by atoms with E-state index in [1.807, 2.05) is 32.2 Å². The SMILES string of the molecule is CCNc1ncc(F)c(N(C)CCc2ccccn2)n1. The molecule has 6 heteroatoms. The molecule has 0 aliphatic rings. The van der Waals surface area contributed by atoms with Crippen LogP contribution >= 0.6 is 0 Å². The van der Waals surface area contributed by atoms with Crippen LogP contribution in [0.5, 0.6) is 0 Å². The highest BCUT2D eigenvalue weighted by molar-refractivity contribution is 5.43. The number of rotatable bonds is 6. The van der Waals surface area contributed by atoms with Gasteiger partial charge in [-0.25, -0.2) is 9.37 Å². The van der Waals surface area contributed by atoms with E-state index < -0.39 is 5.82 Å². The molecule has 0 saturated carbocycles. The molecule has 20 heavy (non-hydrogen) atoms. The van der Waals surface area contributed by atoms with Crippen LogP contribution in [0.3, 0.4) is 0 Å². The predicted molar refractivity (Wildman–Crippen MR) is 77.4 cm³/mol. The number of anilines is 2. The van der Waals surface area contributed by atoms with E-state index >= 15 is 0 Å². The van der Waals surface area contributed by atoms with Gasteiger partial charge < -0.3 is 10.2 Å². The second-order valence-corrected chi connectivity index (χ2v) is 4.39. The summed E-state index contributed by atoms with van der Waals surface area (Å²) in [5.74, 6) is 0.315. The first-order valence-electron chi connectivity index (χ1n) is 6.58. The van der Waals surface area contributed by atoms with Crippen LogP contribution in [-0.4, -0.2) is 35.1 Å². The van der Waals surface area contributed by atoms with E-state index in [9.17, 15) is 4.39 Å². The molecular weight excluding hydrogens is 257 g/mol. The summed E-state index contributed by atoms with van der Waals surface area (Å²) < 4.78 is 13.8. The molecular formula is C14H18FN5. The zero-order chi connectivity index (χ0) is 14.4. The molecule has 0 aliphatic carbocycles. The lowest BCUT2D eigenvalue weighted by atomic mass is 10.2. The lowest BCUT2D eigenvalue weighted by Crippen LogP contribution is -2.23. The Kier molecular flexibility index (Phi) is 4.81. The largest absolute Gasteiger partial charge is 0.357 e.